The van der Waals surface area contributed by atoms with Crippen molar-refractivity contribution in [3.05, 3.63) is 66.4 Å². The molecule has 1 aliphatic rings. The molecule has 1 N–H and O–H groups in total. The van der Waals surface area contributed by atoms with Gasteiger partial charge in [-0.05, 0) is 24.3 Å². The summed E-state index contributed by atoms with van der Waals surface area (Å²) in [4.78, 5) is 23.3. The molecule has 1 aromatic carbocycles. The smallest absolute Gasteiger partial charge is 0.348 e. The number of carbonyl (C=O) groups excluding carboxylic acids is 2. The molecule has 2 rings (SSSR count). The molecule has 5 nitrogen and oxygen atoms in total. The van der Waals surface area contributed by atoms with Crippen LogP contribution < -0.4 is 5.32 Å². The maximum absolute atomic E-state index is 11.7. The third-order valence-corrected chi connectivity index (χ3v) is 2.72. The Morgan fingerprint density at radius 3 is 2.23 bits per heavy atom. The Balaban J connectivity index is 1.91. The lowest BCUT2D eigenvalue weighted by molar-refractivity contribution is -0.222. The number of anilines is 1. The first-order valence-corrected chi connectivity index (χ1v) is 6.80. The van der Waals surface area contributed by atoms with Gasteiger partial charge in [0, 0.05) is 25.7 Å². The maximum atomic E-state index is 11.7. The fourth-order valence-corrected chi connectivity index (χ4v) is 1.75. The molecule has 0 saturated carbocycles. The van der Waals surface area contributed by atoms with Crippen molar-refractivity contribution in [2.24, 2.45) is 0 Å². The number of esters is 2. The number of cyclic esters (lactones) is 2. The Kier molecular flexibility index (Phi) is 4.78. The highest BCUT2D eigenvalue weighted by Gasteiger charge is 2.38. The first kappa shape index (κ1) is 15.6. The molecular formula is C17H17NO4. The molecule has 1 fully saturated rings. The van der Waals surface area contributed by atoms with Crippen LogP contribution in [0.15, 0.2) is 66.4 Å². The molecule has 0 bridgehead atoms. The first-order chi connectivity index (χ1) is 10.5. The topological polar surface area (TPSA) is 64.6 Å². The number of hydrogen-bond donors (Lipinski definition) is 1. The van der Waals surface area contributed by atoms with E-state index in [1.165, 1.54) is 19.9 Å². The summed E-state index contributed by atoms with van der Waals surface area (Å²) in [7, 11) is 0. The van der Waals surface area contributed by atoms with Gasteiger partial charge in [0.1, 0.15) is 5.57 Å². The van der Waals surface area contributed by atoms with Crippen LogP contribution in [0.3, 0.4) is 0 Å². The third-order valence-electron chi connectivity index (χ3n) is 2.72. The molecule has 1 heterocycles. The minimum absolute atomic E-state index is 0.125. The van der Waals surface area contributed by atoms with Gasteiger partial charge in [0.2, 0.25) is 0 Å². The van der Waals surface area contributed by atoms with Gasteiger partial charge in [-0.1, -0.05) is 30.4 Å². The summed E-state index contributed by atoms with van der Waals surface area (Å²) in [5.74, 6) is -2.58. The zero-order chi connectivity index (χ0) is 16.0. The largest absolute Gasteiger partial charge is 0.419 e. The van der Waals surface area contributed by atoms with Crippen LogP contribution in [-0.2, 0) is 19.1 Å². The van der Waals surface area contributed by atoms with E-state index in [4.69, 9.17) is 9.47 Å². The minimum atomic E-state index is -1.21. The molecule has 0 unspecified atom stereocenters. The molecule has 0 atom stereocenters. The van der Waals surface area contributed by atoms with E-state index in [1.807, 2.05) is 30.3 Å². The van der Waals surface area contributed by atoms with Crippen LogP contribution in [0.1, 0.15) is 13.8 Å². The van der Waals surface area contributed by atoms with E-state index in [2.05, 4.69) is 5.32 Å². The van der Waals surface area contributed by atoms with E-state index in [9.17, 15) is 9.59 Å². The van der Waals surface area contributed by atoms with Gasteiger partial charge in [0.05, 0.1) is 0 Å². The van der Waals surface area contributed by atoms with Crippen molar-refractivity contribution in [2.75, 3.05) is 5.32 Å². The van der Waals surface area contributed by atoms with E-state index in [0.29, 0.717) is 0 Å². The molecule has 0 aromatic heterocycles. The Labute approximate surface area is 128 Å². The average Bonchev–Trinajstić information content (AvgIpc) is 2.45. The second-order valence-electron chi connectivity index (χ2n) is 5.01. The summed E-state index contributed by atoms with van der Waals surface area (Å²) in [6.07, 6.45) is 8.10. The summed E-state index contributed by atoms with van der Waals surface area (Å²) in [5.41, 5.74) is 0.840. The normalized spacial score (nSPS) is 17.5. The highest BCUT2D eigenvalue weighted by molar-refractivity contribution is 6.15. The average molecular weight is 299 g/mol. The molecule has 1 aliphatic heterocycles. The molecule has 0 aliphatic carbocycles. The Bertz CT molecular complexity index is 620. The Hall–Kier alpha value is -2.82. The molecule has 0 radical (unpaired) electrons. The number of hydrogen-bond acceptors (Lipinski definition) is 5. The number of para-hydroxylation sites is 1. The maximum Gasteiger partial charge on any atom is 0.348 e. The van der Waals surface area contributed by atoms with Gasteiger partial charge < -0.3 is 14.8 Å². The van der Waals surface area contributed by atoms with Crippen molar-refractivity contribution in [1.82, 2.24) is 0 Å². The first-order valence-electron chi connectivity index (χ1n) is 6.80. The van der Waals surface area contributed by atoms with Gasteiger partial charge in [0.15, 0.2) is 0 Å². The fourth-order valence-electron chi connectivity index (χ4n) is 1.75. The van der Waals surface area contributed by atoms with Gasteiger partial charge in [-0.3, -0.25) is 0 Å². The molecule has 114 valence electrons. The quantitative estimate of drug-likeness (QED) is 0.401. The molecule has 1 saturated heterocycles. The van der Waals surface area contributed by atoms with E-state index in [0.717, 1.165) is 5.69 Å². The molecule has 0 spiro atoms. The van der Waals surface area contributed by atoms with Gasteiger partial charge in [-0.2, -0.15) is 0 Å². The van der Waals surface area contributed by atoms with Gasteiger partial charge in [0.25, 0.3) is 5.79 Å². The Morgan fingerprint density at radius 1 is 0.955 bits per heavy atom. The monoisotopic (exact) mass is 299 g/mol. The van der Waals surface area contributed by atoms with Crippen molar-refractivity contribution in [1.29, 1.82) is 0 Å². The summed E-state index contributed by atoms with van der Waals surface area (Å²) >= 11 is 0. The van der Waals surface area contributed by atoms with Crippen LogP contribution in [0, 0.1) is 0 Å². The van der Waals surface area contributed by atoms with Crippen molar-refractivity contribution in [3.63, 3.8) is 0 Å². The lowest BCUT2D eigenvalue weighted by Gasteiger charge is -2.29. The SMILES string of the molecule is CC1(C)OC(=O)C(=C/C=C/C=C/Nc2ccccc2)C(=O)O1. The summed E-state index contributed by atoms with van der Waals surface area (Å²) in [6, 6.07) is 9.67. The van der Waals surface area contributed by atoms with E-state index >= 15 is 0 Å². The summed E-state index contributed by atoms with van der Waals surface area (Å²) < 4.78 is 9.96. The van der Waals surface area contributed by atoms with E-state index in [1.54, 1.807) is 24.4 Å². The minimum Gasteiger partial charge on any atom is -0.419 e. The van der Waals surface area contributed by atoms with Gasteiger partial charge in [-0.25, -0.2) is 9.59 Å². The van der Waals surface area contributed by atoms with Crippen LogP contribution in [-0.4, -0.2) is 17.7 Å². The zero-order valence-electron chi connectivity index (χ0n) is 12.4. The van der Waals surface area contributed by atoms with E-state index < -0.39 is 17.7 Å². The molecule has 5 heteroatoms. The number of benzene rings is 1. The third kappa shape index (κ3) is 4.34. The standard InChI is InChI=1S/C17H17NO4/c1-17(2)21-15(19)14(16(20)22-17)11-7-4-8-12-18-13-9-5-3-6-10-13/h3-12,18H,1-2H3/b7-4+,12-8+. The van der Waals surface area contributed by atoms with Crippen molar-refractivity contribution in [3.8, 4) is 0 Å². The zero-order valence-corrected chi connectivity index (χ0v) is 12.4. The lowest BCUT2D eigenvalue weighted by Crippen LogP contribution is -2.41. The fraction of sp³-hybridized carbons (Fsp3) is 0.176. The van der Waals surface area contributed by atoms with Crippen molar-refractivity contribution in [2.45, 2.75) is 19.6 Å². The number of ether oxygens (including phenoxy) is 2. The second kappa shape index (κ2) is 6.76. The van der Waals surface area contributed by atoms with Crippen LogP contribution in [0.5, 0.6) is 0 Å². The van der Waals surface area contributed by atoms with E-state index in [-0.39, 0.29) is 5.57 Å². The number of rotatable bonds is 4. The van der Waals surface area contributed by atoms with Crippen molar-refractivity contribution < 1.29 is 19.1 Å². The predicted molar refractivity (Wildman–Crippen MR) is 82.7 cm³/mol. The highest BCUT2D eigenvalue weighted by Crippen LogP contribution is 2.22. The van der Waals surface area contributed by atoms with Gasteiger partial charge in [-0.15, -0.1) is 0 Å². The van der Waals surface area contributed by atoms with Gasteiger partial charge >= 0.3 is 11.9 Å². The number of allylic oxidation sites excluding steroid dienone is 4. The highest BCUT2D eigenvalue weighted by atomic mass is 16.7. The summed E-state index contributed by atoms with van der Waals surface area (Å²) in [6.45, 7) is 3.01. The molecule has 0 amide bonds. The molecule has 22 heavy (non-hydrogen) atoms. The predicted octanol–water partition coefficient (Wildman–Crippen LogP) is 2.93. The number of carbonyl (C=O) groups is 2. The number of nitrogens with one attached hydrogen (secondary N) is 1. The van der Waals surface area contributed by atoms with Crippen molar-refractivity contribution >= 4 is 17.6 Å². The Morgan fingerprint density at radius 2 is 1.59 bits per heavy atom. The molecular weight excluding hydrogens is 282 g/mol. The second-order valence-corrected chi connectivity index (χ2v) is 5.01. The summed E-state index contributed by atoms with van der Waals surface area (Å²) in [5, 5.41) is 3.08. The van der Waals surface area contributed by atoms with Crippen LogP contribution >= 0.6 is 0 Å². The van der Waals surface area contributed by atoms with Crippen LogP contribution in [0.4, 0.5) is 5.69 Å². The lowest BCUT2D eigenvalue weighted by atomic mass is 10.2. The van der Waals surface area contributed by atoms with Crippen LogP contribution in [0.25, 0.3) is 0 Å². The van der Waals surface area contributed by atoms with Crippen LogP contribution in [0.2, 0.25) is 0 Å². The molecule has 1 aromatic rings.